The van der Waals surface area contributed by atoms with Crippen LogP contribution in [0.3, 0.4) is 0 Å². The molecule has 2 aliphatic heterocycles. The number of allylic oxidation sites excluding steroid dienone is 2. The number of unbranched alkanes of at least 4 members (excludes halogenated alkanes) is 1. The number of nitrogens with one attached hydrogen (secondary N) is 1. The second-order valence-corrected chi connectivity index (χ2v) is 10.1. The zero-order chi connectivity index (χ0) is 25.7. The van der Waals surface area contributed by atoms with Crippen molar-refractivity contribution in [2.24, 2.45) is 27.7 Å². The number of hydrogen-bond donors (Lipinski definition) is 2. The van der Waals surface area contributed by atoms with E-state index in [0.29, 0.717) is 6.61 Å². The summed E-state index contributed by atoms with van der Waals surface area (Å²) in [6, 6.07) is 18.1. The number of ether oxygens (including phenoxy) is 1. The van der Waals surface area contributed by atoms with Gasteiger partial charge in [-0.15, -0.1) is 4.59 Å². The number of rotatable bonds is 9. The van der Waals surface area contributed by atoms with Crippen molar-refractivity contribution in [2.75, 3.05) is 6.54 Å². The van der Waals surface area contributed by atoms with Crippen molar-refractivity contribution in [3.05, 3.63) is 89.5 Å². The zero-order valence-corrected chi connectivity index (χ0v) is 21.5. The second kappa shape index (κ2) is 11.2. The maximum Gasteiger partial charge on any atom is 0.265 e. The van der Waals surface area contributed by atoms with Crippen molar-refractivity contribution in [1.29, 1.82) is 0 Å². The van der Waals surface area contributed by atoms with Crippen molar-refractivity contribution in [3.8, 4) is 5.75 Å². The van der Waals surface area contributed by atoms with Gasteiger partial charge in [0.15, 0.2) is 0 Å². The van der Waals surface area contributed by atoms with Gasteiger partial charge >= 0.3 is 0 Å². The molecule has 37 heavy (non-hydrogen) atoms. The molecule has 0 aromatic heterocycles. The number of amides is 1. The van der Waals surface area contributed by atoms with Crippen LogP contribution in [0, 0.1) is 11.8 Å². The van der Waals surface area contributed by atoms with Gasteiger partial charge < -0.3 is 10.1 Å². The van der Waals surface area contributed by atoms with Gasteiger partial charge in [-0.25, -0.2) is 0 Å². The number of carbonyl (C=O) groups is 1. The van der Waals surface area contributed by atoms with Crippen LogP contribution in [0.4, 0.5) is 0 Å². The highest BCUT2D eigenvalue weighted by atomic mass is 16.5. The summed E-state index contributed by atoms with van der Waals surface area (Å²) in [5, 5.41) is 3.10. The maximum atomic E-state index is 12.6. The summed E-state index contributed by atoms with van der Waals surface area (Å²) in [5.74, 6) is 9.03. The van der Waals surface area contributed by atoms with Crippen LogP contribution >= 0.6 is 0 Å². The van der Waals surface area contributed by atoms with Crippen LogP contribution in [0.25, 0.3) is 0 Å². The van der Waals surface area contributed by atoms with E-state index in [-0.39, 0.29) is 22.3 Å². The lowest BCUT2D eigenvalue weighted by Gasteiger charge is -2.29. The Morgan fingerprint density at radius 1 is 1.11 bits per heavy atom. The van der Waals surface area contributed by atoms with Crippen molar-refractivity contribution in [1.82, 2.24) is 5.32 Å². The average molecular weight is 499 g/mol. The molecule has 2 aromatic rings. The molecule has 5 rings (SSSR count). The predicted molar refractivity (Wildman–Crippen MR) is 146 cm³/mol. The summed E-state index contributed by atoms with van der Waals surface area (Å²) < 4.78 is 6.07. The number of benzene rings is 2. The highest BCUT2D eigenvalue weighted by Crippen LogP contribution is 2.41. The molecule has 1 aliphatic carbocycles. The fourth-order valence-corrected chi connectivity index (χ4v) is 5.33. The van der Waals surface area contributed by atoms with Crippen LogP contribution in [0.15, 0.2) is 88.4 Å². The summed E-state index contributed by atoms with van der Waals surface area (Å²) in [7, 11) is 0. The molecule has 3 N–H and O–H groups in total. The Morgan fingerprint density at radius 3 is 2.70 bits per heavy atom. The van der Waals surface area contributed by atoms with Crippen LogP contribution in [-0.2, 0) is 11.4 Å². The monoisotopic (exact) mass is 498 g/mol. The molecule has 0 saturated heterocycles. The molecular weight excluding hydrogens is 462 g/mol. The highest BCUT2D eigenvalue weighted by molar-refractivity contribution is 6.00. The quantitative estimate of drug-likeness (QED) is 0.283. The van der Waals surface area contributed by atoms with Gasteiger partial charge in [0.2, 0.25) is 11.6 Å². The first-order valence-electron chi connectivity index (χ1n) is 13.4. The first-order chi connectivity index (χ1) is 18.1. The number of carbonyl (C=O) groups excluding carboxylic acids is 1. The molecule has 1 fully saturated rings. The molecule has 3 aliphatic rings. The minimum Gasteiger partial charge on any atom is -0.489 e. The molecule has 1 saturated carbocycles. The summed E-state index contributed by atoms with van der Waals surface area (Å²) in [6.07, 6.45) is 11.1. The molecule has 7 heteroatoms. The van der Waals surface area contributed by atoms with E-state index in [9.17, 15) is 4.79 Å². The Hall–Kier alpha value is -3.55. The van der Waals surface area contributed by atoms with Crippen LogP contribution in [0.5, 0.6) is 5.75 Å². The fraction of sp³-hybridized carbons (Fsp3) is 0.367. The Bertz CT molecular complexity index is 1240. The van der Waals surface area contributed by atoms with E-state index in [2.05, 4.69) is 29.4 Å². The summed E-state index contributed by atoms with van der Waals surface area (Å²) in [6.45, 7) is 3.40. The third kappa shape index (κ3) is 5.43. The highest BCUT2D eigenvalue weighted by Gasteiger charge is 2.46. The Labute approximate surface area is 219 Å². The first-order valence-corrected chi connectivity index (χ1v) is 13.4. The number of nitrogens with two attached hydrogens (primary N) is 1. The molecular formula is C30H36N5O2+. The van der Waals surface area contributed by atoms with Gasteiger partial charge in [-0.1, -0.05) is 49.7 Å². The van der Waals surface area contributed by atoms with Crippen LogP contribution in [0.1, 0.15) is 56.6 Å². The lowest BCUT2D eigenvalue weighted by atomic mass is 9.79. The maximum absolute atomic E-state index is 12.6. The SMILES string of the molecule is CCCCNC(=O)C1CCC(C2=C3C=NC=C[N+]3(N)C(c3cccc(OCc4ccccc4)c3)=N2)CC1. The lowest BCUT2D eigenvalue weighted by molar-refractivity contribution is -0.750. The van der Waals surface area contributed by atoms with E-state index in [1.165, 1.54) is 0 Å². The van der Waals surface area contributed by atoms with E-state index < -0.39 is 0 Å². The summed E-state index contributed by atoms with van der Waals surface area (Å²) in [4.78, 5) is 22.1. The minimum atomic E-state index is -0.00158. The van der Waals surface area contributed by atoms with Crippen LogP contribution in [-0.4, -0.2) is 29.1 Å². The lowest BCUT2D eigenvalue weighted by Crippen LogP contribution is -2.53. The standard InChI is InChI=1S/C30H35N5O2/c1-2-3-16-33-30(36)24-14-12-23(13-15-24)28-27-20-32-17-18-35(27,31)29(34-28)25-10-7-11-26(19-25)37-21-22-8-5-4-6-9-22/h4-11,17-20,23-24H,2-3,12-16,21,31H2,1H3/p+1. The van der Waals surface area contributed by atoms with Crippen LogP contribution in [0.2, 0.25) is 0 Å². The number of quaternary nitrogens is 1. The molecule has 7 nitrogen and oxygen atoms in total. The third-order valence-electron chi connectivity index (χ3n) is 7.48. The molecule has 2 heterocycles. The average Bonchev–Trinajstić information content (AvgIpc) is 3.26. The molecule has 0 bridgehead atoms. The number of fused-ring (bicyclic) bond motifs is 1. The molecule has 0 spiro atoms. The topological polar surface area (TPSA) is 89.1 Å². The van der Waals surface area contributed by atoms with E-state index in [1.54, 1.807) is 6.20 Å². The first kappa shape index (κ1) is 25.1. The molecule has 0 radical (unpaired) electrons. The molecule has 1 unspecified atom stereocenters. The smallest absolute Gasteiger partial charge is 0.265 e. The summed E-state index contributed by atoms with van der Waals surface area (Å²) >= 11 is 0. The fourth-order valence-electron chi connectivity index (χ4n) is 5.33. The van der Waals surface area contributed by atoms with E-state index >= 15 is 0 Å². The van der Waals surface area contributed by atoms with Gasteiger partial charge in [-0.2, -0.15) is 10.8 Å². The van der Waals surface area contributed by atoms with Gasteiger partial charge in [0.1, 0.15) is 24.3 Å². The number of aliphatic imine (C=N–C) groups is 2. The van der Waals surface area contributed by atoms with Crippen molar-refractivity contribution in [2.45, 2.75) is 52.1 Å². The van der Waals surface area contributed by atoms with Gasteiger partial charge in [0.05, 0.1) is 18.0 Å². The van der Waals surface area contributed by atoms with Gasteiger partial charge in [0, 0.05) is 18.4 Å². The second-order valence-electron chi connectivity index (χ2n) is 10.1. The molecule has 192 valence electrons. The van der Waals surface area contributed by atoms with Crippen molar-refractivity contribution < 1.29 is 14.1 Å². The van der Waals surface area contributed by atoms with E-state index in [0.717, 1.165) is 79.2 Å². The minimum absolute atomic E-state index is 0.00158. The Balaban J connectivity index is 1.32. The van der Waals surface area contributed by atoms with Gasteiger partial charge in [-0.05, 0) is 55.9 Å². The Kier molecular flexibility index (Phi) is 7.63. The molecule has 1 atom stereocenters. The van der Waals surface area contributed by atoms with Crippen LogP contribution < -0.4 is 15.9 Å². The summed E-state index contributed by atoms with van der Waals surface area (Å²) in [5.41, 5.74) is 3.93. The van der Waals surface area contributed by atoms with Crippen molar-refractivity contribution >= 4 is 18.0 Å². The Morgan fingerprint density at radius 2 is 1.92 bits per heavy atom. The van der Waals surface area contributed by atoms with Gasteiger partial charge in [0.25, 0.3) is 5.84 Å². The van der Waals surface area contributed by atoms with E-state index in [1.807, 2.05) is 54.9 Å². The number of nitrogens with zero attached hydrogens (tertiary/aromatic N) is 3. The van der Waals surface area contributed by atoms with Crippen molar-refractivity contribution in [3.63, 3.8) is 0 Å². The largest absolute Gasteiger partial charge is 0.489 e. The third-order valence-corrected chi connectivity index (χ3v) is 7.48. The predicted octanol–water partition coefficient (Wildman–Crippen LogP) is 5.21. The number of hydrogen-bond acceptors (Lipinski definition) is 5. The number of amidine groups is 1. The zero-order valence-electron chi connectivity index (χ0n) is 21.5. The van der Waals surface area contributed by atoms with Gasteiger partial charge in [-0.3, -0.25) is 9.79 Å². The molecule has 2 aromatic carbocycles. The normalized spacial score (nSPS) is 24.5. The molecule has 1 amide bonds. The van der Waals surface area contributed by atoms with E-state index in [4.69, 9.17) is 15.6 Å².